The van der Waals surface area contributed by atoms with Crippen molar-refractivity contribution < 1.29 is 27.4 Å². The number of hydrogen-bond acceptors (Lipinski definition) is 5. The fourth-order valence-electron chi connectivity index (χ4n) is 5.86. The van der Waals surface area contributed by atoms with Gasteiger partial charge < -0.3 is 23.8 Å². The van der Waals surface area contributed by atoms with Gasteiger partial charge in [0.1, 0.15) is 5.75 Å². The second kappa shape index (κ2) is 11.2. The number of likely N-dealkylation sites (tertiary alicyclic amines) is 1. The van der Waals surface area contributed by atoms with Gasteiger partial charge in [-0.05, 0) is 66.2 Å². The molecule has 210 valence electrons. The number of alkyl halides is 3. The van der Waals surface area contributed by atoms with Crippen molar-refractivity contribution in [3.8, 4) is 11.6 Å². The lowest BCUT2D eigenvalue weighted by Crippen LogP contribution is -2.37. The van der Waals surface area contributed by atoms with Gasteiger partial charge in [-0.25, -0.2) is 9.78 Å². The van der Waals surface area contributed by atoms with Gasteiger partial charge in [-0.15, -0.1) is 13.2 Å². The fourth-order valence-corrected chi connectivity index (χ4v) is 5.86. The lowest BCUT2D eigenvalue weighted by molar-refractivity contribution is -0.274. The standard InChI is InChI=1S/C28H39F3N4O3/c1-19(12-27(2,3)4)9-10-34-14-22-23(15-34)24(22)16-35(26(36)37-25-17-33(5)18-32-25)13-20-7-6-8-21(11-20)38-28(29,30)31/h6-8,11,17-19,22-24H,9-10,12-16H2,1-5H3. The summed E-state index contributed by atoms with van der Waals surface area (Å²) in [7, 11) is 1.77. The number of rotatable bonds is 10. The Kier molecular flexibility index (Phi) is 8.30. The molecule has 0 N–H and O–H groups in total. The van der Waals surface area contributed by atoms with Crippen molar-refractivity contribution in [2.45, 2.75) is 53.4 Å². The normalized spacial score (nSPS) is 22.2. The highest BCUT2D eigenvalue weighted by molar-refractivity contribution is 5.70. The minimum absolute atomic E-state index is 0.116. The molecule has 1 aliphatic carbocycles. The number of carbonyl (C=O) groups excluding carboxylic acids is 1. The number of aromatic nitrogens is 2. The molecule has 2 aromatic rings. The first-order chi connectivity index (χ1) is 17.8. The number of imidazole rings is 1. The van der Waals surface area contributed by atoms with Crippen LogP contribution in [0.1, 0.15) is 46.1 Å². The van der Waals surface area contributed by atoms with Crippen molar-refractivity contribution in [2.75, 3.05) is 26.2 Å². The van der Waals surface area contributed by atoms with E-state index in [-0.39, 0.29) is 18.2 Å². The van der Waals surface area contributed by atoms with Crippen molar-refractivity contribution >= 4 is 6.09 Å². The molecule has 2 fully saturated rings. The SMILES string of the molecule is CC(CCN1CC2C(C1)C2CN(Cc1cccc(OC(F)(F)F)c1)C(=O)Oc1cn(C)cn1)CC(C)(C)C. The molecule has 0 radical (unpaired) electrons. The van der Waals surface area contributed by atoms with E-state index in [1.807, 2.05) is 0 Å². The predicted octanol–water partition coefficient (Wildman–Crippen LogP) is 5.96. The van der Waals surface area contributed by atoms with E-state index in [2.05, 4.69) is 42.3 Å². The summed E-state index contributed by atoms with van der Waals surface area (Å²) >= 11 is 0. The monoisotopic (exact) mass is 536 g/mol. The number of piperidine rings is 1. The number of halogens is 3. The van der Waals surface area contributed by atoms with Crippen molar-refractivity contribution in [3.63, 3.8) is 0 Å². The molecule has 1 amide bonds. The summed E-state index contributed by atoms with van der Waals surface area (Å²) in [5.74, 6) is 1.95. The summed E-state index contributed by atoms with van der Waals surface area (Å²) < 4.78 is 49.3. The molecular weight excluding hydrogens is 497 g/mol. The summed E-state index contributed by atoms with van der Waals surface area (Å²) in [6, 6.07) is 5.72. The highest BCUT2D eigenvalue weighted by Gasteiger charge is 2.56. The van der Waals surface area contributed by atoms with Crippen LogP contribution < -0.4 is 9.47 Å². The third-order valence-corrected chi connectivity index (χ3v) is 7.41. The molecule has 3 atom stereocenters. The topological polar surface area (TPSA) is 59.8 Å². The molecule has 1 saturated heterocycles. The third kappa shape index (κ3) is 8.12. The van der Waals surface area contributed by atoms with E-state index in [1.54, 1.807) is 28.8 Å². The smallest absolute Gasteiger partial charge is 0.406 e. The van der Waals surface area contributed by atoms with Crippen molar-refractivity contribution in [2.24, 2.45) is 36.1 Å². The maximum atomic E-state index is 13.1. The van der Waals surface area contributed by atoms with E-state index in [0.29, 0.717) is 41.2 Å². The van der Waals surface area contributed by atoms with Crippen LogP contribution >= 0.6 is 0 Å². The van der Waals surface area contributed by atoms with Crippen LogP contribution in [-0.4, -0.2) is 58.0 Å². The summed E-state index contributed by atoms with van der Waals surface area (Å²) in [5.41, 5.74) is 0.869. The van der Waals surface area contributed by atoms with Crippen molar-refractivity contribution in [1.82, 2.24) is 19.4 Å². The quantitative estimate of drug-likeness (QED) is 0.375. The van der Waals surface area contributed by atoms with Gasteiger partial charge in [0, 0.05) is 33.2 Å². The first-order valence-electron chi connectivity index (χ1n) is 13.3. The Hall–Kier alpha value is -2.75. The van der Waals surface area contributed by atoms with E-state index >= 15 is 0 Å². The molecule has 3 unspecified atom stereocenters. The zero-order valence-corrected chi connectivity index (χ0v) is 22.9. The first-order valence-corrected chi connectivity index (χ1v) is 13.3. The lowest BCUT2D eigenvalue weighted by atomic mass is 9.84. The minimum atomic E-state index is -4.78. The molecule has 1 aliphatic heterocycles. The molecule has 7 nitrogen and oxygen atoms in total. The van der Waals surface area contributed by atoms with Crippen LogP contribution in [0.4, 0.5) is 18.0 Å². The van der Waals surface area contributed by atoms with Crippen LogP contribution in [-0.2, 0) is 13.6 Å². The van der Waals surface area contributed by atoms with Crippen LogP contribution in [0.3, 0.4) is 0 Å². The zero-order chi connectivity index (χ0) is 27.7. The van der Waals surface area contributed by atoms with Crippen LogP contribution in [0.5, 0.6) is 11.6 Å². The molecule has 0 bridgehead atoms. The third-order valence-electron chi connectivity index (χ3n) is 7.41. The molecule has 0 spiro atoms. The molecule has 1 aromatic carbocycles. The zero-order valence-electron chi connectivity index (χ0n) is 22.9. The maximum Gasteiger partial charge on any atom is 0.573 e. The van der Waals surface area contributed by atoms with Gasteiger partial charge in [-0.3, -0.25) is 0 Å². The van der Waals surface area contributed by atoms with Gasteiger partial charge in [0.25, 0.3) is 0 Å². The Morgan fingerprint density at radius 3 is 2.53 bits per heavy atom. The molecule has 1 aromatic heterocycles. The molecule has 10 heteroatoms. The first kappa shape index (κ1) is 28.3. The molecule has 2 aliphatic rings. The van der Waals surface area contributed by atoms with Crippen LogP contribution in [0.15, 0.2) is 36.8 Å². The number of carbonyl (C=O) groups is 1. The summed E-state index contributed by atoms with van der Waals surface area (Å²) in [5, 5.41) is 0. The molecule has 1 saturated carbocycles. The van der Waals surface area contributed by atoms with Gasteiger partial charge in [0.2, 0.25) is 5.88 Å². The summed E-state index contributed by atoms with van der Waals surface area (Å²) in [4.78, 5) is 21.3. The second-order valence-corrected chi connectivity index (χ2v) is 12.2. The summed E-state index contributed by atoms with van der Waals surface area (Å²) in [6.07, 6.45) is 0.173. The molecular formula is C28H39F3N4O3. The fraction of sp³-hybridized carbons (Fsp3) is 0.643. The molecule has 2 heterocycles. The number of amides is 1. The van der Waals surface area contributed by atoms with Crippen LogP contribution in [0.25, 0.3) is 0 Å². The van der Waals surface area contributed by atoms with E-state index in [1.165, 1.54) is 37.4 Å². The number of benzene rings is 1. The van der Waals surface area contributed by atoms with Crippen LogP contribution in [0, 0.1) is 29.1 Å². The Bertz CT molecular complexity index is 1090. The highest BCUT2D eigenvalue weighted by atomic mass is 19.4. The van der Waals surface area contributed by atoms with Gasteiger partial charge in [0.15, 0.2) is 0 Å². The predicted molar refractivity (Wildman–Crippen MR) is 138 cm³/mol. The Morgan fingerprint density at radius 1 is 1.21 bits per heavy atom. The Balaban J connectivity index is 1.35. The largest absolute Gasteiger partial charge is 0.573 e. The van der Waals surface area contributed by atoms with Crippen LogP contribution in [0.2, 0.25) is 0 Å². The number of fused-ring (bicyclic) bond motifs is 1. The van der Waals surface area contributed by atoms with Gasteiger partial charge in [0.05, 0.1) is 12.5 Å². The Morgan fingerprint density at radius 2 is 1.92 bits per heavy atom. The highest BCUT2D eigenvalue weighted by Crippen LogP contribution is 2.52. The number of nitrogens with zero attached hydrogens (tertiary/aromatic N) is 4. The van der Waals surface area contributed by atoms with Gasteiger partial charge in [-0.2, -0.15) is 0 Å². The number of hydrogen-bond donors (Lipinski definition) is 0. The second-order valence-electron chi connectivity index (χ2n) is 12.2. The summed E-state index contributed by atoms with van der Waals surface area (Å²) in [6.45, 7) is 12.9. The van der Waals surface area contributed by atoms with E-state index < -0.39 is 12.5 Å². The Labute approximate surface area is 222 Å². The van der Waals surface area contributed by atoms with Gasteiger partial charge >= 0.3 is 12.5 Å². The van der Waals surface area contributed by atoms with Crippen molar-refractivity contribution in [1.29, 1.82) is 0 Å². The lowest BCUT2D eigenvalue weighted by Gasteiger charge is -2.27. The van der Waals surface area contributed by atoms with Gasteiger partial charge in [-0.1, -0.05) is 39.8 Å². The van der Waals surface area contributed by atoms with E-state index in [0.717, 1.165) is 19.6 Å². The molecule has 38 heavy (non-hydrogen) atoms. The van der Waals surface area contributed by atoms with E-state index in [4.69, 9.17) is 4.74 Å². The maximum absolute atomic E-state index is 13.1. The number of aryl methyl sites for hydroxylation is 1. The van der Waals surface area contributed by atoms with E-state index in [9.17, 15) is 18.0 Å². The average molecular weight is 537 g/mol. The number of ether oxygens (including phenoxy) is 2. The molecule has 4 rings (SSSR count). The average Bonchev–Trinajstić information content (AvgIpc) is 3.09. The van der Waals surface area contributed by atoms with Crippen molar-refractivity contribution in [3.05, 3.63) is 42.4 Å². The minimum Gasteiger partial charge on any atom is -0.406 e.